The minimum Gasteiger partial charge on any atom is -0.497 e. The average molecular weight is 337 g/mol. The van der Waals surface area contributed by atoms with Crippen LogP contribution in [0.25, 0.3) is 5.69 Å². The van der Waals surface area contributed by atoms with Gasteiger partial charge in [-0.2, -0.15) is 10.2 Å². The standard InChI is InChI=1S/C18H19N5O2/c1-25-15-4-2-3-14(8-15)23-11-12(10-19-23)7-18(24)20-17-9-16(21-22-17)13-5-6-13/h2-4,8-11,13H,5-7H2,1H3,(H2,20,21,22,24). The molecular weight excluding hydrogens is 318 g/mol. The van der Waals surface area contributed by atoms with Crippen molar-refractivity contribution in [1.82, 2.24) is 20.0 Å². The fourth-order valence-electron chi connectivity index (χ4n) is 2.72. The highest BCUT2D eigenvalue weighted by Gasteiger charge is 2.25. The zero-order chi connectivity index (χ0) is 17.2. The van der Waals surface area contributed by atoms with E-state index >= 15 is 0 Å². The van der Waals surface area contributed by atoms with Gasteiger partial charge in [-0.05, 0) is 30.5 Å². The summed E-state index contributed by atoms with van der Waals surface area (Å²) in [5.74, 6) is 1.81. The molecule has 2 heterocycles. The molecule has 1 amide bonds. The lowest BCUT2D eigenvalue weighted by atomic mass is 10.2. The molecule has 3 aromatic rings. The average Bonchev–Trinajstić information content (AvgIpc) is 3.20. The predicted molar refractivity (Wildman–Crippen MR) is 93.0 cm³/mol. The van der Waals surface area contributed by atoms with Crippen molar-refractivity contribution in [3.05, 3.63) is 54.0 Å². The van der Waals surface area contributed by atoms with E-state index in [-0.39, 0.29) is 12.3 Å². The second-order valence-corrected chi connectivity index (χ2v) is 6.20. The van der Waals surface area contributed by atoms with Gasteiger partial charge in [-0.15, -0.1) is 0 Å². The molecule has 1 aliphatic carbocycles. The monoisotopic (exact) mass is 337 g/mol. The van der Waals surface area contributed by atoms with Gasteiger partial charge in [0.2, 0.25) is 5.91 Å². The number of aromatic amines is 1. The highest BCUT2D eigenvalue weighted by Crippen LogP contribution is 2.39. The lowest BCUT2D eigenvalue weighted by molar-refractivity contribution is -0.115. The molecule has 1 aliphatic rings. The van der Waals surface area contributed by atoms with E-state index in [1.54, 1.807) is 18.0 Å². The molecule has 0 unspecified atom stereocenters. The number of ether oxygens (including phenoxy) is 1. The summed E-state index contributed by atoms with van der Waals surface area (Å²) in [6, 6.07) is 9.51. The maximum absolute atomic E-state index is 12.2. The van der Waals surface area contributed by atoms with Crippen molar-refractivity contribution in [2.75, 3.05) is 12.4 Å². The molecule has 4 rings (SSSR count). The first kappa shape index (κ1) is 15.4. The number of aromatic nitrogens is 4. The highest BCUT2D eigenvalue weighted by atomic mass is 16.5. The van der Waals surface area contributed by atoms with E-state index in [0.717, 1.165) is 22.7 Å². The second-order valence-electron chi connectivity index (χ2n) is 6.20. The van der Waals surface area contributed by atoms with Gasteiger partial charge in [0, 0.05) is 29.9 Å². The molecule has 1 saturated carbocycles. The van der Waals surface area contributed by atoms with Crippen molar-refractivity contribution >= 4 is 11.7 Å². The van der Waals surface area contributed by atoms with Gasteiger partial charge in [-0.25, -0.2) is 4.68 Å². The molecule has 0 aliphatic heterocycles. The van der Waals surface area contributed by atoms with Crippen LogP contribution in [0.4, 0.5) is 5.82 Å². The number of nitrogens with zero attached hydrogens (tertiary/aromatic N) is 3. The highest BCUT2D eigenvalue weighted by molar-refractivity contribution is 5.91. The van der Waals surface area contributed by atoms with Gasteiger partial charge in [0.15, 0.2) is 5.82 Å². The van der Waals surface area contributed by atoms with Crippen molar-refractivity contribution in [3.63, 3.8) is 0 Å². The quantitative estimate of drug-likeness (QED) is 0.724. The third-order valence-electron chi connectivity index (χ3n) is 4.20. The van der Waals surface area contributed by atoms with Crippen molar-refractivity contribution < 1.29 is 9.53 Å². The molecule has 25 heavy (non-hydrogen) atoms. The Balaban J connectivity index is 1.40. The molecule has 0 saturated heterocycles. The van der Waals surface area contributed by atoms with Gasteiger partial charge in [0.1, 0.15) is 5.75 Å². The van der Waals surface area contributed by atoms with E-state index in [0.29, 0.717) is 11.7 Å². The number of nitrogens with one attached hydrogen (secondary N) is 2. The van der Waals surface area contributed by atoms with Crippen LogP contribution in [0.1, 0.15) is 30.0 Å². The maximum atomic E-state index is 12.2. The van der Waals surface area contributed by atoms with Crippen LogP contribution in [-0.2, 0) is 11.2 Å². The smallest absolute Gasteiger partial charge is 0.230 e. The van der Waals surface area contributed by atoms with Gasteiger partial charge in [0.25, 0.3) is 0 Å². The van der Waals surface area contributed by atoms with Crippen LogP contribution in [0.15, 0.2) is 42.7 Å². The molecule has 0 bridgehead atoms. The van der Waals surface area contributed by atoms with Crippen LogP contribution in [0.2, 0.25) is 0 Å². The number of hydrogen-bond donors (Lipinski definition) is 2. The number of methoxy groups -OCH3 is 1. The third kappa shape index (κ3) is 3.55. The largest absolute Gasteiger partial charge is 0.497 e. The number of hydrogen-bond acceptors (Lipinski definition) is 4. The predicted octanol–water partition coefficient (Wildman–Crippen LogP) is 2.66. The third-order valence-corrected chi connectivity index (χ3v) is 4.20. The summed E-state index contributed by atoms with van der Waals surface area (Å²) in [5.41, 5.74) is 2.81. The Labute approximate surface area is 145 Å². The molecule has 0 atom stereocenters. The zero-order valence-electron chi connectivity index (χ0n) is 13.9. The molecule has 7 heteroatoms. The number of rotatable bonds is 6. The number of benzene rings is 1. The second kappa shape index (κ2) is 6.43. The number of carbonyl (C=O) groups excluding carboxylic acids is 1. The fraction of sp³-hybridized carbons (Fsp3) is 0.278. The SMILES string of the molecule is COc1cccc(-n2cc(CC(=O)Nc3cc(C4CC4)[nH]n3)cn2)c1. The Kier molecular flexibility index (Phi) is 3.97. The van der Waals surface area contributed by atoms with Crippen LogP contribution in [0, 0.1) is 0 Å². The Morgan fingerprint density at radius 1 is 1.40 bits per heavy atom. The van der Waals surface area contributed by atoms with Crippen molar-refractivity contribution in [1.29, 1.82) is 0 Å². The maximum Gasteiger partial charge on any atom is 0.230 e. The van der Waals surface area contributed by atoms with Crippen LogP contribution < -0.4 is 10.1 Å². The van der Waals surface area contributed by atoms with Crippen molar-refractivity contribution in [3.8, 4) is 11.4 Å². The lowest BCUT2D eigenvalue weighted by Gasteiger charge is -2.04. The number of H-pyrrole nitrogens is 1. The topological polar surface area (TPSA) is 84.8 Å². The summed E-state index contributed by atoms with van der Waals surface area (Å²) in [6.45, 7) is 0. The molecule has 2 N–H and O–H groups in total. The van der Waals surface area contributed by atoms with E-state index in [1.807, 2.05) is 36.5 Å². The van der Waals surface area contributed by atoms with E-state index in [9.17, 15) is 4.79 Å². The Bertz CT molecular complexity index is 894. The van der Waals surface area contributed by atoms with E-state index in [1.165, 1.54) is 12.8 Å². The minimum atomic E-state index is -0.112. The summed E-state index contributed by atoms with van der Waals surface area (Å²) >= 11 is 0. The molecule has 1 fully saturated rings. The molecule has 0 radical (unpaired) electrons. The number of carbonyl (C=O) groups is 1. The zero-order valence-corrected chi connectivity index (χ0v) is 13.9. The molecular formula is C18H19N5O2. The molecule has 7 nitrogen and oxygen atoms in total. The van der Waals surface area contributed by atoms with Crippen LogP contribution in [0.3, 0.4) is 0 Å². The normalized spacial score (nSPS) is 13.6. The van der Waals surface area contributed by atoms with Crippen molar-refractivity contribution in [2.24, 2.45) is 0 Å². The summed E-state index contributed by atoms with van der Waals surface area (Å²) in [7, 11) is 1.63. The Morgan fingerprint density at radius 3 is 3.08 bits per heavy atom. The van der Waals surface area contributed by atoms with Gasteiger partial charge in [-0.1, -0.05) is 6.07 Å². The Morgan fingerprint density at radius 2 is 2.28 bits per heavy atom. The minimum absolute atomic E-state index is 0.112. The van der Waals surface area contributed by atoms with Gasteiger partial charge < -0.3 is 10.1 Å². The fourth-order valence-corrected chi connectivity index (χ4v) is 2.72. The summed E-state index contributed by atoms with van der Waals surface area (Å²) in [5, 5.41) is 14.3. The van der Waals surface area contributed by atoms with Crippen LogP contribution >= 0.6 is 0 Å². The van der Waals surface area contributed by atoms with E-state index < -0.39 is 0 Å². The molecule has 128 valence electrons. The molecule has 1 aromatic carbocycles. The first-order valence-corrected chi connectivity index (χ1v) is 8.24. The molecule has 0 spiro atoms. The summed E-state index contributed by atoms with van der Waals surface area (Å²) in [4.78, 5) is 12.2. The molecule has 2 aromatic heterocycles. The summed E-state index contributed by atoms with van der Waals surface area (Å²) in [6.07, 6.45) is 6.17. The first-order valence-electron chi connectivity index (χ1n) is 8.24. The van der Waals surface area contributed by atoms with Crippen LogP contribution in [-0.4, -0.2) is 33.0 Å². The number of anilines is 1. The van der Waals surface area contributed by atoms with Gasteiger partial charge >= 0.3 is 0 Å². The van der Waals surface area contributed by atoms with Gasteiger partial charge in [-0.3, -0.25) is 9.89 Å². The van der Waals surface area contributed by atoms with Gasteiger partial charge in [0.05, 0.1) is 25.4 Å². The lowest BCUT2D eigenvalue weighted by Crippen LogP contribution is -2.14. The van der Waals surface area contributed by atoms with E-state index in [2.05, 4.69) is 20.6 Å². The first-order chi connectivity index (χ1) is 12.2. The Hall–Kier alpha value is -3.09. The van der Waals surface area contributed by atoms with Crippen molar-refractivity contribution in [2.45, 2.75) is 25.2 Å². The summed E-state index contributed by atoms with van der Waals surface area (Å²) < 4.78 is 6.95. The van der Waals surface area contributed by atoms with Crippen LogP contribution in [0.5, 0.6) is 5.75 Å². The number of amides is 1. The van der Waals surface area contributed by atoms with E-state index in [4.69, 9.17) is 4.74 Å².